The molecule has 0 unspecified atom stereocenters. The van der Waals surface area contributed by atoms with Crippen LogP contribution in [0.25, 0.3) is 0 Å². The third-order valence-electron chi connectivity index (χ3n) is 2.36. The van der Waals surface area contributed by atoms with Crippen LogP contribution in [-0.4, -0.2) is 26.0 Å². The monoisotopic (exact) mass is 292 g/mol. The van der Waals surface area contributed by atoms with Gasteiger partial charge in [-0.15, -0.1) is 10.2 Å². The number of carbonyl (C=O) groups is 1. The molecule has 0 aliphatic carbocycles. The summed E-state index contributed by atoms with van der Waals surface area (Å²) < 4.78 is 65.4. The number of aromatic nitrogens is 4. The van der Waals surface area contributed by atoms with Gasteiger partial charge in [0.05, 0.1) is 19.0 Å². The minimum absolute atomic E-state index is 0.207. The summed E-state index contributed by atoms with van der Waals surface area (Å²) >= 11 is 0. The van der Waals surface area contributed by atoms with E-state index in [-0.39, 0.29) is 5.82 Å². The molecule has 0 fully saturated rings. The van der Waals surface area contributed by atoms with E-state index in [0.29, 0.717) is 0 Å². The van der Waals surface area contributed by atoms with E-state index in [0.717, 1.165) is 4.80 Å². The molecular formula is C10H5F5N4O. The molecule has 0 atom stereocenters. The van der Waals surface area contributed by atoms with Crippen molar-refractivity contribution in [3.8, 4) is 0 Å². The van der Waals surface area contributed by atoms with Gasteiger partial charge in [-0.1, -0.05) is 0 Å². The molecule has 20 heavy (non-hydrogen) atoms. The maximum atomic E-state index is 13.4. The maximum absolute atomic E-state index is 13.4. The van der Waals surface area contributed by atoms with E-state index in [4.69, 9.17) is 0 Å². The molecule has 0 radical (unpaired) electrons. The summed E-state index contributed by atoms with van der Waals surface area (Å²) in [5, 5.41) is 10.3. The number of nitrogens with zero attached hydrogens (tertiary/aromatic N) is 4. The molecule has 1 aromatic carbocycles. The Morgan fingerprint density at radius 2 is 1.50 bits per heavy atom. The van der Waals surface area contributed by atoms with E-state index in [2.05, 4.69) is 15.4 Å². The summed E-state index contributed by atoms with van der Waals surface area (Å²) in [5.41, 5.74) is -1.52. The van der Waals surface area contributed by atoms with Crippen LogP contribution in [-0.2, 0) is 13.5 Å². The lowest BCUT2D eigenvalue weighted by Gasteiger charge is -2.06. The molecule has 0 bridgehead atoms. The summed E-state index contributed by atoms with van der Waals surface area (Å²) in [6.07, 6.45) is -0.744. The van der Waals surface area contributed by atoms with Crippen LogP contribution in [0, 0.1) is 29.1 Å². The third kappa shape index (κ3) is 2.24. The Bertz CT molecular complexity index is 670. The largest absolute Gasteiger partial charge is 0.293 e. The smallest absolute Gasteiger partial charge is 0.200 e. The predicted molar refractivity (Wildman–Crippen MR) is 53.1 cm³/mol. The Morgan fingerprint density at radius 1 is 1.00 bits per heavy atom. The molecule has 0 amide bonds. The highest BCUT2D eigenvalue weighted by Crippen LogP contribution is 2.23. The minimum Gasteiger partial charge on any atom is -0.293 e. The van der Waals surface area contributed by atoms with Crippen LogP contribution >= 0.6 is 0 Å². The van der Waals surface area contributed by atoms with Crippen molar-refractivity contribution in [2.24, 2.45) is 7.05 Å². The number of benzene rings is 1. The molecule has 0 saturated heterocycles. The number of hydrogen-bond donors (Lipinski definition) is 0. The molecule has 0 aliphatic heterocycles. The van der Waals surface area contributed by atoms with E-state index in [1.54, 1.807) is 0 Å². The Morgan fingerprint density at radius 3 is 1.95 bits per heavy atom. The second kappa shape index (κ2) is 4.94. The van der Waals surface area contributed by atoms with Crippen molar-refractivity contribution in [2.75, 3.05) is 0 Å². The summed E-state index contributed by atoms with van der Waals surface area (Å²) in [6.45, 7) is 0. The lowest BCUT2D eigenvalue weighted by Crippen LogP contribution is -2.15. The molecule has 2 rings (SSSR count). The van der Waals surface area contributed by atoms with Crippen molar-refractivity contribution >= 4 is 5.78 Å². The van der Waals surface area contributed by atoms with Crippen molar-refractivity contribution in [2.45, 2.75) is 6.42 Å². The van der Waals surface area contributed by atoms with Crippen molar-refractivity contribution in [3.05, 3.63) is 40.5 Å². The highest BCUT2D eigenvalue weighted by molar-refractivity contribution is 5.97. The van der Waals surface area contributed by atoms with Crippen molar-refractivity contribution < 1.29 is 26.7 Å². The first-order chi connectivity index (χ1) is 9.32. The fourth-order valence-electron chi connectivity index (χ4n) is 1.48. The molecule has 1 aromatic heterocycles. The molecule has 10 heteroatoms. The Balaban J connectivity index is 2.45. The SMILES string of the molecule is Cn1nnc(CC(=O)c2c(F)c(F)c(F)c(F)c2F)n1. The molecule has 0 N–H and O–H groups in total. The summed E-state index contributed by atoms with van der Waals surface area (Å²) in [5.74, 6) is -12.6. The van der Waals surface area contributed by atoms with E-state index in [1.807, 2.05) is 0 Å². The number of Topliss-reactive ketones (excluding diaryl/α,β-unsaturated/α-hetero) is 1. The number of aryl methyl sites for hydroxylation is 1. The zero-order valence-electron chi connectivity index (χ0n) is 9.79. The standard InChI is InChI=1S/C10H5F5N4O/c1-19-17-4(16-18-19)2-3(20)5-6(11)8(13)10(15)9(14)7(5)12/h2H2,1H3. The van der Waals surface area contributed by atoms with Gasteiger partial charge in [0.15, 0.2) is 34.9 Å². The second-order valence-corrected chi connectivity index (χ2v) is 3.74. The molecule has 5 nitrogen and oxygen atoms in total. The van der Waals surface area contributed by atoms with Crippen molar-refractivity contribution in [1.82, 2.24) is 20.2 Å². The van der Waals surface area contributed by atoms with Gasteiger partial charge in [-0.25, -0.2) is 22.0 Å². The Labute approximate surface area is 108 Å². The van der Waals surface area contributed by atoms with Gasteiger partial charge in [0, 0.05) is 0 Å². The average Bonchev–Trinajstić information content (AvgIpc) is 2.79. The fraction of sp³-hybridized carbons (Fsp3) is 0.200. The maximum Gasteiger partial charge on any atom is 0.200 e. The molecule has 2 aromatic rings. The van der Waals surface area contributed by atoms with E-state index < -0.39 is 46.9 Å². The summed E-state index contributed by atoms with van der Waals surface area (Å²) in [4.78, 5) is 12.6. The van der Waals surface area contributed by atoms with Gasteiger partial charge in [-0.3, -0.25) is 4.79 Å². The first-order valence-electron chi connectivity index (χ1n) is 5.10. The first-order valence-corrected chi connectivity index (χ1v) is 5.10. The first kappa shape index (κ1) is 14.0. The summed E-state index contributed by atoms with van der Waals surface area (Å²) in [7, 11) is 1.37. The molecule has 1 heterocycles. The lowest BCUT2D eigenvalue weighted by atomic mass is 10.1. The predicted octanol–water partition coefficient (Wildman–Crippen LogP) is 1.33. The van der Waals surface area contributed by atoms with Crippen LogP contribution in [0.3, 0.4) is 0 Å². The van der Waals surface area contributed by atoms with Gasteiger partial charge in [0.25, 0.3) is 0 Å². The number of halogens is 5. The number of hydrogen-bond acceptors (Lipinski definition) is 4. The van der Waals surface area contributed by atoms with Gasteiger partial charge in [0.1, 0.15) is 0 Å². The topological polar surface area (TPSA) is 60.7 Å². The van der Waals surface area contributed by atoms with E-state index in [9.17, 15) is 26.7 Å². The van der Waals surface area contributed by atoms with Crippen LogP contribution in [0.15, 0.2) is 0 Å². The molecule has 0 saturated carbocycles. The zero-order chi connectivity index (χ0) is 15.0. The zero-order valence-corrected chi connectivity index (χ0v) is 9.79. The van der Waals surface area contributed by atoms with Crippen LogP contribution < -0.4 is 0 Å². The van der Waals surface area contributed by atoms with Gasteiger partial charge >= 0.3 is 0 Å². The highest BCUT2D eigenvalue weighted by atomic mass is 19.2. The van der Waals surface area contributed by atoms with Crippen LogP contribution in [0.2, 0.25) is 0 Å². The van der Waals surface area contributed by atoms with Crippen LogP contribution in [0.5, 0.6) is 0 Å². The lowest BCUT2D eigenvalue weighted by molar-refractivity contribution is 0.0979. The minimum atomic E-state index is -2.32. The van der Waals surface area contributed by atoms with Crippen molar-refractivity contribution in [3.63, 3.8) is 0 Å². The normalized spacial score (nSPS) is 10.9. The Kier molecular flexibility index (Phi) is 3.47. The average molecular weight is 292 g/mol. The van der Waals surface area contributed by atoms with Gasteiger partial charge in [-0.2, -0.15) is 4.80 Å². The van der Waals surface area contributed by atoms with Gasteiger partial charge in [-0.05, 0) is 5.21 Å². The molecule has 106 valence electrons. The molecule has 0 aliphatic rings. The van der Waals surface area contributed by atoms with Gasteiger partial charge in [0.2, 0.25) is 5.82 Å². The quantitative estimate of drug-likeness (QED) is 0.370. The number of tetrazole rings is 1. The van der Waals surface area contributed by atoms with Gasteiger partial charge < -0.3 is 0 Å². The summed E-state index contributed by atoms with van der Waals surface area (Å²) in [6, 6.07) is 0. The van der Waals surface area contributed by atoms with Crippen molar-refractivity contribution in [1.29, 1.82) is 0 Å². The van der Waals surface area contributed by atoms with E-state index in [1.165, 1.54) is 7.05 Å². The fourth-order valence-corrected chi connectivity index (χ4v) is 1.48. The molecular weight excluding hydrogens is 287 g/mol. The van der Waals surface area contributed by atoms with Crippen LogP contribution in [0.1, 0.15) is 16.2 Å². The second-order valence-electron chi connectivity index (χ2n) is 3.74. The Hall–Kier alpha value is -2.39. The third-order valence-corrected chi connectivity index (χ3v) is 2.36. The number of carbonyl (C=O) groups excluding carboxylic acids is 1. The highest BCUT2D eigenvalue weighted by Gasteiger charge is 2.30. The van der Waals surface area contributed by atoms with Crippen LogP contribution in [0.4, 0.5) is 22.0 Å². The van der Waals surface area contributed by atoms with E-state index >= 15 is 0 Å². The molecule has 0 spiro atoms. The number of ketones is 1. The number of rotatable bonds is 3.